The smallest absolute Gasteiger partial charge is 0.0724 e. The number of rotatable bonds is 3. The molecular formula is C13H26N2O. The van der Waals surface area contributed by atoms with Crippen LogP contribution in [0.3, 0.4) is 0 Å². The van der Waals surface area contributed by atoms with Crippen LogP contribution in [0.1, 0.15) is 26.2 Å². The minimum absolute atomic E-state index is 0.454. The van der Waals surface area contributed by atoms with Gasteiger partial charge in [-0.2, -0.15) is 0 Å². The molecule has 2 heterocycles. The second kappa shape index (κ2) is 5.99. The van der Waals surface area contributed by atoms with Crippen LogP contribution in [-0.4, -0.2) is 50.8 Å². The van der Waals surface area contributed by atoms with Crippen molar-refractivity contribution in [2.24, 2.45) is 11.8 Å². The Bertz CT molecular complexity index is 204. The third-order valence-corrected chi connectivity index (χ3v) is 4.25. The van der Waals surface area contributed by atoms with Gasteiger partial charge in [0.1, 0.15) is 0 Å². The van der Waals surface area contributed by atoms with E-state index in [1.807, 2.05) is 7.11 Å². The molecule has 0 aromatic carbocycles. The third kappa shape index (κ3) is 3.19. The van der Waals surface area contributed by atoms with Crippen LogP contribution in [0.4, 0.5) is 0 Å². The van der Waals surface area contributed by atoms with E-state index in [4.69, 9.17) is 4.74 Å². The maximum absolute atomic E-state index is 5.57. The average molecular weight is 226 g/mol. The standard InChI is InChI=1S/C13H26N2O/c1-11-5-8-15(10-13(11)16-2)9-12-3-6-14-7-4-12/h11-14H,3-10H2,1-2H3. The molecule has 0 bridgehead atoms. The number of hydrogen-bond donors (Lipinski definition) is 1. The highest BCUT2D eigenvalue weighted by molar-refractivity contribution is 4.81. The highest BCUT2D eigenvalue weighted by atomic mass is 16.5. The summed E-state index contributed by atoms with van der Waals surface area (Å²) in [4.78, 5) is 2.62. The molecule has 2 rings (SSSR count). The van der Waals surface area contributed by atoms with Crippen LogP contribution in [0.5, 0.6) is 0 Å². The molecular weight excluding hydrogens is 200 g/mol. The van der Waals surface area contributed by atoms with Crippen molar-refractivity contribution in [1.29, 1.82) is 0 Å². The van der Waals surface area contributed by atoms with Crippen molar-refractivity contribution >= 4 is 0 Å². The van der Waals surface area contributed by atoms with Gasteiger partial charge in [0.25, 0.3) is 0 Å². The van der Waals surface area contributed by atoms with Crippen LogP contribution < -0.4 is 5.32 Å². The minimum atomic E-state index is 0.454. The Labute approximate surface area is 99.5 Å². The molecule has 0 spiro atoms. The Morgan fingerprint density at radius 3 is 2.69 bits per heavy atom. The van der Waals surface area contributed by atoms with Crippen molar-refractivity contribution in [2.45, 2.75) is 32.3 Å². The van der Waals surface area contributed by atoms with Crippen molar-refractivity contribution < 1.29 is 4.74 Å². The second-order valence-corrected chi connectivity index (χ2v) is 5.49. The van der Waals surface area contributed by atoms with Crippen molar-refractivity contribution in [2.75, 3.05) is 39.8 Å². The molecule has 0 aromatic heterocycles. The van der Waals surface area contributed by atoms with Gasteiger partial charge < -0.3 is 15.0 Å². The first-order valence-corrected chi connectivity index (χ1v) is 6.75. The zero-order valence-electron chi connectivity index (χ0n) is 10.7. The summed E-state index contributed by atoms with van der Waals surface area (Å²) in [5.74, 6) is 1.64. The van der Waals surface area contributed by atoms with Gasteiger partial charge in [0.2, 0.25) is 0 Å². The zero-order chi connectivity index (χ0) is 11.4. The molecule has 16 heavy (non-hydrogen) atoms. The highest BCUT2D eigenvalue weighted by Gasteiger charge is 2.27. The van der Waals surface area contributed by atoms with E-state index in [1.165, 1.54) is 45.4 Å². The van der Waals surface area contributed by atoms with E-state index in [9.17, 15) is 0 Å². The Morgan fingerprint density at radius 1 is 1.25 bits per heavy atom. The lowest BCUT2D eigenvalue weighted by Gasteiger charge is -2.38. The summed E-state index contributed by atoms with van der Waals surface area (Å²) in [5, 5.41) is 3.44. The number of likely N-dealkylation sites (tertiary alicyclic amines) is 1. The number of nitrogens with zero attached hydrogens (tertiary/aromatic N) is 1. The van der Waals surface area contributed by atoms with Gasteiger partial charge in [-0.3, -0.25) is 0 Å². The van der Waals surface area contributed by atoms with Crippen LogP contribution in [-0.2, 0) is 4.74 Å². The van der Waals surface area contributed by atoms with Gasteiger partial charge in [-0.15, -0.1) is 0 Å². The molecule has 2 aliphatic heterocycles. The SMILES string of the molecule is COC1CN(CC2CCNCC2)CCC1C. The maximum atomic E-state index is 5.57. The number of methoxy groups -OCH3 is 1. The van der Waals surface area contributed by atoms with E-state index in [-0.39, 0.29) is 0 Å². The molecule has 0 radical (unpaired) electrons. The lowest BCUT2D eigenvalue weighted by Crippen LogP contribution is -2.46. The Balaban J connectivity index is 1.76. The Kier molecular flexibility index (Phi) is 4.62. The van der Waals surface area contributed by atoms with E-state index < -0.39 is 0 Å². The highest BCUT2D eigenvalue weighted by Crippen LogP contribution is 2.22. The summed E-state index contributed by atoms with van der Waals surface area (Å²) < 4.78 is 5.57. The van der Waals surface area contributed by atoms with Gasteiger partial charge >= 0.3 is 0 Å². The van der Waals surface area contributed by atoms with Crippen LogP contribution in [0.25, 0.3) is 0 Å². The quantitative estimate of drug-likeness (QED) is 0.786. The lowest BCUT2D eigenvalue weighted by atomic mass is 9.92. The predicted molar refractivity (Wildman–Crippen MR) is 66.6 cm³/mol. The summed E-state index contributed by atoms with van der Waals surface area (Å²) in [6, 6.07) is 0. The van der Waals surface area contributed by atoms with Crippen molar-refractivity contribution in [3.63, 3.8) is 0 Å². The Hall–Kier alpha value is -0.120. The fourth-order valence-corrected chi connectivity index (χ4v) is 3.00. The molecule has 0 saturated carbocycles. The summed E-state index contributed by atoms with van der Waals surface area (Å²) >= 11 is 0. The van der Waals surface area contributed by atoms with E-state index in [2.05, 4.69) is 17.1 Å². The van der Waals surface area contributed by atoms with Crippen LogP contribution in [0, 0.1) is 11.8 Å². The van der Waals surface area contributed by atoms with Crippen molar-refractivity contribution in [3.05, 3.63) is 0 Å². The molecule has 3 heteroatoms. The monoisotopic (exact) mass is 226 g/mol. The van der Waals surface area contributed by atoms with E-state index >= 15 is 0 Å². The van der Waals surface area contributed by atoms with Gasteiger partial charge in [0.15, 0.2) is 0 Å². The van der Waals surface area contributed by atoms with Gasteiger partial charge in [-0.1, -0.05) is 6.92 Å². The molecule has 2 fully saturated rings. The zero-order valence-corrected chi connectivity index (χ0v) is 10.7. The molecule has 0 aromatic rings. The van der Waals surface area contributed by atoms with Crippen molar-refractivity contribution in [1.82, 2.24) is 10.2 Å². The van der Waals surface area contributed by atoms with Crippen LogP contribution in [0.15, 0.2) is 0 Å². The second-order valence-electron chi connectivity index (χ2n) is 5.49. The van der Waals surface area contributed by atoms with Crippen LogP contribution in [0.2, 0.25) is 0 Å². The molecule has 0 aliphatic carbocycles. The topological polar surface area (TPSA) is 24.5 Å². The normalized spacial score (nSPS) is 34.1. The predicted octanol–water partition coefficient (Wildman–Crippen LogP) is 1.34. The minimum Gasteiger partial charge on any atom is -0.380 e. The lowest BCUT2D eigenvalue weighted by molar-refractivity contribution is -0.0105. The first-order valence-electron chi connectivity index (χ1n) is 6.75. The maximum Gasteiger partial charge on any atom is 0.0724 e. The van der Waals surface area contributed by atoms with Crippen molar-refractivity contribution in [3.8, 4) is 0 Å². The molecule has 2 atom stereocenters. The van der Waals surface area contributed by atoms with Gasteiger partial charge in [0.05, 0.1) is 6.10 Å². The first kappa shape index (κ1) is 12.3. The summed E-state index contributed by atoms with van der Waals surface area (Å²) in [6.07, 6.45) is 4.45. The first-order chi connectivity index (χ1) is 7.79. The van der Waals surface area contributed by atoms with Gasteiger partial charge in [0, 0.05) is 20.2 Å². The largest absolute Gasteiger partial charge is 0.380 e. The third-order valence-electron chi connectivity index (χ3n) is 4.25. The summed E-state index contributed by atoms with van der Waals surface area (Å²) in [6.45, 7) is 8.43. The fraction of sp³-hybridized carbons (Fsp3) is 1.00. The molecule has 0 amide bonds. The van der Waals surface area contributed by atoms with Gasteiger partial charge in [-0.25, -0.2) is 0 Å². The number of ether oxygens (including phenoxy) is 1. The molecule has 1 N–H and O–H groups in total. The number of nitrogens with one attached hydrogen (secondary N) is 1. The van der Waals surface area contributed by atoms with E-state index in [0.717, 1.165) is 18.4 Å². The molecule has 2 unspecified atom stereocenters. The van der Waals surface area contributed by atoms with E-state index in [1.54, 1.807) is 0 Å². The molecule has 2 saturated heterocycles. The number of hydrogen-bond acceptors (Lipinski definition) is 3. The summed E-state index contributed by atoms with van der Waals surface area (Å²) in [5.41, 5.74) is 0. The Morgan fingerprint density at radius 2 is 2.00 bits per heavy atom. The van der Waals surface area contributed by atoms with E-state index in [0.29, 0.717) is 6.10 Å². The fourth-order valence-electron chi connectivity index (χ4n) is 3.00. The average Bonchev–Trinajstić information content (AvgIpc) is 2.33. The molecule has 3 nitrogen and oxygen atoms in total. The van der Waals surface area contributed by atoms with Gasteiger partial charge in [-0.05, 0) is 50.7 Å². The summed E-state index contributed by atoms with van der Waals surface area (Å²) in [7, 11) is 1.86. The van der Waals surface area contributed by atoms with Crippen LogP contribution >= 0.6 is 0 Å². The number of piperidine rings is 2. The molecule has 2 aliphatic rings. The molecule has 94 valence electrons.